The van der Waals surface area contributed by atoms with Gasteiger partial charge in [-0.3, -0.25) is 4.79 Å². The average Bonchev–Trinajstić information content (AvgIpc) is 2.95. The van der Waals surface area contributed by atoms with Gasteiger partial charge >= 0.3 is 0 Å². The summed E-state index contributed by atoms with van der Waals surface area (Å²) in [4.78, 5) is 11.8. The van der Waals surface area contributed by atoms with Crippen LogP contribution in [0.4, 0.5) is 10.1 Å². The Morgan fingerprint density at radius 3 is 2.67 bits per heavy atom. The predicted molar refractivity (Wildman–Crippen MR) is 79.0 cm³/mol. The molecule has 0 aliphatic heterocycles. The number of benzene rings is 2. The number of carbonyl (C=O) groups is 1. The van der Waals surface area contributed by atoms with Crippen LogP contribution >= 0.6 is 0 Å². The maximum Gasteiger partial charge on any atom is 0.262 e. The first-order chi connectivity index (χ1) is 10.2. The Morgan fingerprint density at radius 2 is 1.86 bits per heavy atom. The van der Waals surface area contributed by atoms with Crippen molar-refractivity contribution < 1.29 is 13.9 Å². The maximum atomic E-state index is 12.8. The number of fused-ring (bicyclic) bond motifs is 1. The molecule has 3 rings (SSSR count). The second-order valence-corrected chi connectivity index (χ2v) is 5.13. The van der Waals surface area contributed by atoms with Gasteiger partial charge in [0.15, 0.2) is 6.61 Å². The number of aryl methyl sites for hydroxylation is 2. The van der Waals surface area contributed by atoms with Crippen molar-refractivity contribution in [3.8, 4) is 5.75 Å². The van der Waals surface area contributed by atoms with Crippen molar-refractivity contribution in [1.29, 1.82) is 0 Å². The highest BCUT2D eigenvalue weighted by Gasteiger charge is 2.11. The van der Waals surface area contributed by atoms with E-state index in [-0.39, 0.29) is 18.3 Å². The topological polar surface area (TPSA) is 38.3 Å². The minimum absolute atomic E-state index is 0.0594. The summed E-state index contributed by atoms with van der Waals surface area (Å²) >= 11 is 0. The summed E-state index contributed by atoms with van der Waals surface area (Å²) in [6.45, 7) is -0.0594. The molecule has 0 unspecified atom stereocenters. The van der Waals surface area contributed by atoms with E-state index in [1.807, 2.05) is 12.1 Å². The van der Waals surface area contributed by atoms with Crippen LogP contribution in [0.1, 0.15) is 17.5 Å². The highest BCUT2D eigenvalue weighted by atomic mass is 19.1. The van der Waals surface area contributed by atoms with Crippen LogP contribution in [0.3, 0.4) is 0 Å². The number of ether oxygens (including phenoxy) is 1. The highest BCUT2D eigenvalue weighted by molar-refractivity contribution is 5.91. The van der Waals surface area contributed by atoms with E-state index in [1.54, 1.807) is 0 Å². The molecule has 2 aromatic rings. The van der Waals surface area contributed by atoms with Crippen LogP contribution in [0.25, 0.3) is 0 Å². The van der Waals surface area contributed by atoms with Gasteiger partial charge < -0.3 is 10.1 Å². The van der Waals surface area contributed by atoms with Gasteiger partial charge in [-0.25, -0.2) is 4.39 Å². The summed E-state index contributed by atoms with van der Waals surface area (Å²) in [5.41, 5.74) is 3.24. The molecule has 0 atom stereocenters. The molecule has 2 aromatic carbocycles. The number of hydrogen-bond donors (Lipinski definition) is 1. The number of rotatable bonds is 4. The quantitative estimate of drug-likeness (QED) is 0.935. The van der Waals surface area contributed by atoms with Gasteiger partial charge in [-0.1, -0.05) is 6.07 Å². The van der Waals surface area contributed by atoms with E-state index in [0.717, 1.165) is 12.8 Å². The minimum Gasteiger partial charge on any atom is -0.484 e. The second kappa shape index (κ2) is 5.95. The Morgan fingerprint density at radius 1 is 1.10 bits per heavy atom. The Bertz CT molecular complexity index is 652. The summed E-state index contributed by atoms with van der Waals surface area (Å²) in [7, 11) is 0. The number of hydrogen-bond acceptors (Lipinski definition) is 2. The summed E-state index contributed by atoms with van der Waals surface area (Å²) < 4.78 is 18.3. The first kappa shape index (κ1) is 13.6. The van der Waals surface area contributed by atoms with Crippen molar-refractivity contribution in [1.82, 2.24) is 0 Å². The SMILES string of the molecule is O=C(COc1ccc2c(c1)CCC2)Nc1ccc(F)cc1. The third-order valence-corrected chi connectivity index (χ3v) is 3.57. The lowest BCUT2D eigenvalue weighted by Gasteiger charge is -2.09. The summed E-state index contributed by atoms with van der Waals surface area (Å²) in [6.07, 6.45) is 3.39. The zero-order chi connectivity index (χ0) is 14.7. The van der Waals surface area contributed by atoms with Crippen molar-refractivity contribution in [2.45, 2.75) is 19.3 Å². The van der Waals surface area contributed by atoms with Gasteiger partial charge in [-0.15, -0.1) is 0 Å². The molecule has 0 saturated heterocycles. The standard InChI is InChI=1S/C17H16FNO2/c18-14-5-7-15(8-6-14)19-17(20)11-21-16-9-4-12-2-1-3-13(12)10-16/h4-10H,1-3,11H2,(H,19,20). The molecular formula is C17H16FNO2. The Balaban J connectivity index is 1.55. The van der Waals surface area contributed by atoms with Gasteiger partial charge in [-0.05, 0) is 66.8 Å². The molecule has 0 bridgehead atoms. The van der Waals surface area contributed by atoms with Gasteiger partial charge in [0, 0.05) is 5.69 Å². The van der Waals surface area contributed by atoms with Crippen LogP contribution in [0.5, 0.6) is 5.75 Å². The molecule has 21 heavy (non-hydrogen) atoms. The third-order valence-electron chi connectivity index (χ3n) is 3.57. The van der Waals surface area contributed by atoms with Gasteiger partial charge in [-0.2, -0.15) is 0 Å². The van der Waals surface area contributed by atoms with E-state index in [1.165, 1.54) is 41.8 Å². The van der Waals surface area contributed by atoms with Crippen LogP contribution in [0.2, 0.25) is 0 Å². The third kappa shape index (κ3) is 3.40. The molecule has 0 heterocycles. The molecule has 0 aromatic heterocycles. The highest BCUT2D eigenvalue weighted by Crippen LogP contribution is 2.25. The van der Waals surface area contributed by atoms with E-state index in [0.29, 0.717) is 11.4 Å². The normalized spacial score (nSPS) is 12.8. The molecule has 108 valence electrons. The van der Waals surface area contributed by atoms with Crippen molar-refractivity contribution in [3.05, 3.63) is 59.4 Å². The van der Waals surface area contributed by atoms with E-state index in [9.17, 15) is 9.18 Å². The molecule has 4 heteroatoms. The zero-order valence-corrected chi connectivity index (χ0v) is 11.6. The number of carbonyl (C=O) groups excluding carboxylic acids is 1. The van der Waals surface area contributed by atoms with Crippen LogP contribution in [0.15, 0.2) is 42.5 Å². The van der Waals surface area contributed by atoms with Crippen LogP contribution < -0.4 is 10.1 Å². The van der Waals surface area contributed by atoms with E-state index >= 15 is 0 Å². The summed E-state index contributed by atoms with van der Waals surface area (Å²) in [6, 6.07) is 11.6. The Labute approximate surface area is 122 Å². The van der Waals surface area contributed by atoms with E-state index < -0.39 is 0 Å². The molecule has 0 saturated carbocycles. The van der Waals surface area contributed by atoms with Crippen LogP contribution in [-0.4, -0.2) is 12.5 Å². The van der Waals surface area contributed by atoms with Crippen LogP contribution in [0, 0.1) is 5.82 Å². The average molecular weight is 285 g/mol. The van der Waals surface area contributed by atoms with Gasteiger partial charge in [0.05, 0.1) is 0 Å². The molecule has 0 radical (unpaired) electrons. The van der Waals surface area contributed by atoms with Crippen molar-refractivity contribution in [2.24, 2.45) is 0 Å². The maximum absolute atomic E-state index is 12.8. The molecule has 0 fully saturated rings. The number of anilines is 1. The summed E-state index contributed by atoms with van der Waals surface area (Å²) in [5, 5.41) is 2.66. The fraction of sp³-hybridized carbons (Fsp3) is 0.235. The number of nitrogens with one attached hydrogen (secondary N) is 1. The fourth-order valence-corrected chi connectivity index (χ4v) is 2.52. The lowest BCUT2D eigenvalue weighted by Crippen LogP contribution is -2.20. The number of halogens is 1. The lowest BCUT2D eigenvalue weighted by molar-refractivity contribution is -0.118. The number of amides is 1. The summed E-state index contributed by atoms with van der Waals surface area (Å²) in [5.74, 6) is 0.120. The van der Waals surface area contributed by atoms with Gasteiger partial charge in [0.1, 0.15) is 11.6 Å². The first-order valence-corrected chi connectivity index (χ1v) is 7.01. The smallest absolute Gasteiger partial charge is 0.262 e. The fourth-order valence-electron chi connectivity index (χ4n) is 2.52. The molecule has 3 nitrogen and oxygen atoms in total. The largest absolute Gasteiger partial charge is 0.484 e. The van der Waals surface area contributed by atoms with Gasteiger partial charge in [0.2, 0.25) is 0 Å². The predicted octanol–water partition coefficient (Wildman–Crippen LogP) is 3.33. The monoisotopic (exact) mass is 285 g/mol. The Hall–Kier alpha value is -2.36. The van der Waals surface area contributed by atoms with E-state index in [2.05, 4.69) is 11.4 Å². The molecule has 0 spiro atoms. The minimum atomic E-state index is -0.331. The van der Waals surface area contributed by atoms with Crippen molar-refractivity contribution >= 4 is 11.6 Å². The molecular weight excluding hydrogens is 269 g/mol. The van der Waals surface area contributed by atoms with Crippen molar-refractivity contribution in [3.63, 3.8) is 0 Å². The molecule has 1 aliphatic carbocycles. The molecule has 1 amide bonds. The second-order valence-electron chi connectivity index (χ2n) is 5.13. The lowest BCUT2D eigenvalue weighted by atomic mass is 10.1. The Kier molecular flexibility index (Phi) is 3.86. The zero-order valence-electron chi connectivity index (χ0n) is 11.6. The van der Waals surface area contributed by atoms with Gasteiger partial charge in [0.25, 0.3) is 5.91 Å². The van der Waals surface area contributed by atoms with Crippen LogP contribution in [-0.2, 0) is 17.6 Å². The molecule has 1 N–H and O–H groups in total. The van der Waals surface area contributed by atoms with Crippen molar-refractivity contribution in [2.75, 3.05) is 11.9 Å². The first-order valence-electron chi connectivity index (χ1n) is 7.01. The van der Waals surface area contributed by atoms with E-state index in [4.69, 9.17) is 4.74 Å². The molecule has 1 aliphatic rings.